The number of rotatable bonds is 7. The summed E-state index contributed by atoms with van der Waals surface area (Å²) >= 11 is 0. The average Bonchev–Trinajstić information content (AvgIpc) is 2.83. The molecule has 0 aromatic carbocycles. The van der Waals surface area contributed by atoms with E-state index >= 15 is 0 Å². The van der Waals surface area contributed by atoms with Gasteiger partial charge in [0.15, 0.2) is 5.96 Å². The number of aryl methyl sites for hydroxylation is 2. The standard InChI is InChI=1S/C19H37N5.HI/c1-9-16-15(17(10-2)24(8)23-16)13-21-18(20-7)22-14(3)11-12-19(4,5)6;/h14H,9-13H2,1-8H3,(H2,20,21,22);1H. The fourth-order valence-corrected chi connectivity index (χ4v) is 2.92. The molecule has 0 spiro atoms. The van der Waals surface area contributed by atoms with Gasteiger partial charge in [-0.05, 0) is 38.0 Å². The summed E-state index contributed by atoms with van der Waals surface area (Å²) in [6, 6.07) is 0.403. The van der Waals surface area contributed by atoms with Gasteiger partial charge >= 0.3 is 0 Å². The van der Waals surface area contributed by atoms with Crippen LogP contribution in [0.5, 0.6) is 0 Å². The lowest BCUT2D eigenvalue weighted by molar-refractivity contribution is 0.346. The van der Waals surface area contributed by atoms with Crippen molar-refractivity contribution in [3.63, 3.8) is 0 Å². The summed E-state index contributed by atoms with van der Waals surface area (Å²) in [6.07, 6.45) is 4.28. The Morgan fingerprint density at radius 1 is 1.24 bits per heavy atom. The van der Waals surface area contributed by atoms with Gasteiger partial charge in [-0.1, -0.05) is 34.6 Å². The van der Waals surface area contributed by atoms with E-state index in [2.05, 4.69) is 62.3 Å². The summed E-state index contributed by atoms with van der Waals surface area (Å²) in [5.74, 6) is 0.865. The lowest BCUT2D eigenvalue weighted by atomic mass is 9.89. The first-order valence-electron chi connectivity index (χ1n) is 9.22. The molecule has 25 heavy (non-hydrogen) atoms. The molecule has 146 valence electrons. The Bertz CT molecular complexity index is 543. The van der Waals surface area contributed by atoms with Crippen LogP contribution in [0.2, 0.25) is 0 Å². The Hall–Kier alpha value is -0.790. The van der Waals surface area contributed by atoms with Crippen LogP contribution in [0.3, 0.4) is 0 Å². The van der Waals surface area contributed by atoms with Crippen LogP contribution >= 0.6 is 24.0 Å². The zero-order valence-electron chi connectivity index (χ0n) is 17.4. The van der Waals surface area contributed by atoms with Gasteiger partial charge in [-0.25, -0.2) is 0 Å². The molecule has 0 aliphatic heterocycles. The number of aliphatic imine (C=N–C) groups is 1. The third-order valence-electron chi connectivity index (χ3n) is 4.39. The molecule has 1 rings (SSSR count). The number of aromatic nitrogens is 2. The van der Waals surface area contributed by atoms with Crippen molar-refractivity contribution >= 4 is 29.9 Å². The molecule has 1 atom stereocenters. The topological polar surface area (TPSA) is 54.2 Å². The van der Waals surface area contributed by atoms with Crippen molar-refractivity contribution in [1.82, 2.24) is 20.4 Å². The molecule has 0 fully saturated rings. The van der Waals surface area contributed by atoms with Crippen LogP contribution in [-0.4, -0.2) is 28.8 Å². The number of hydrogen-bond acceptors (Lipinski definition) is 2. The molecule has 0 radical (unpaired) electrons. The van der Waals surface area contributed by atoms with Crippen molar-refractivity contribution < 1.29 is 0 Å². The fourth-order valence-electron chi connectivity index (χ4n) is 2.92. The van der Waals surface area contributed by atoms with Crippen molar-refractivity contribution in [3.05, 3.63) is 17.0 Å². The molecule has 0 saturated heterocycles. The quantitative estimate of drug-likeness (QED) is 0.365. The third kappa shape index (κ3) is 7.96. The van der Waals surface area contributed by atoms with Gasteiger partial charge in [0.25, 0.3) is 0 Å². The Morgan fingerprint density at radius 2 is 1.88 bits per heavy atom. The molecule has 0 bridgehead atoms. The maximum Gasteiger partial charge on any atom is 0.191 e. The zero-order valence-corrected chi connectivity index (χ0v) is 19.7. The SMILES string of the molecule is CCc1nn(C)c(CC)c1CNC(=NC)NC(C)CCC(C)(C)C.I. The van der Waals surface area contributed by atoms with Crippen LogP contribution in [0.4, 0.5) is 0 Å². The lowest BCUT2D eigenvalue weighted by Gasteiger charge is -2.23. The highest BCUT2D eigenvalue weighted by Gasteiger charge is 2.15. The van der Waals surface area contributed by atoms with E-state index in [1.807, 2.05) is 18.8 Å². The van der Waals surface area contributed by atoms with Crippen molar-refractivity contribution in [2.24, 2.45) is 17.5 Å². The summed E-state index contributed by atoms with van der Waals surface area (Å²) < 4.78 is 2.01. The number of hydrogen-bond donors (Lipinski definition) is 2. The van der Waals surface area contributed by atoms with E-state index in [0.29, 0.717) is 11.5 Å². The van der Waals surface area contributed by atoms with E-state index < -0.39 is 0 Å². The Morgan fingerprint density at radius 3 is 2.36 bits per heavy atom. The van der Waals surface area contributed by atoms with Gasteiger partial charge in [0.1, 0.15) is 0 Å². The summed E-state index contributed by atoms with van der Waals surface area (Å²) in [6.45, 7) is 14.2. The highest BCUT2D eigenvalue weighted by molar-refractivity contribution is 14.0. The van der Waals surface area contributed by atoms with E-state index in [9.17, 15) is 0 Å². The summed E-state index contributed by atoms with van der Waals surface area (Å²) in [5, 5.41) is 11.6. The van der Waals surface area contributed by atoms with E-state index in [1.54, 1.807) is 0 Å². The molecule has 6 heteroatoms. The highest BCUT2D eigenvalue weighted by atomic mass is 127. The minimum absolute atomic E-state index is 0. The zero-order chi connectivity index (χ0) is 18.3. The fraction of sp³-hybridized carbons (Fsp3) is 0.789. The molecule has 1 aromatic heterocycles. The van der Waals surface area contributed by atoms with Crippen LogP contribution in [-0.2, 0) is 26.4 Å². The molecule has 5 nitrogen and oxygen atoms in total. The number of halogens is 1. The highest BCUT2D eigenvalue weighted by Crippen LogP contribution is 2.21. The van der Waals surface area contributed by atoms with Gasteiger partial charge in [0, 0.05) is 37.9 Å². The lowest BCUT2D eigenvalue weighted by Crippen LogP contribution is -2.42. The normalized spacial score (nSPS) is 13.4. The van der Waals surface area contributed by atoms with Crippen molar-refractivity contribution in [2.75, 3.05) is 7.05 Å². The molecular formula is C19H38IN5. The van der Waals surface area contributed by atoms with E-state index in [0.717, 1.165) is 31.8 Å². The van der Waals surface area contributed by atoms with Crippen molar-refractivity contribution in [1.29, 1.82) is 0 Å². The maximum absolute atomic E-state index is 4.64. The third-order valence-corrected chi connectivity index (χ3v) is 4.39. The molecule has 1 heterocycles. The van der Waals surface area contributed by atoms with Crippen molar-refractivity contribution in [3.8, 4) is 0 Å². The Balaban J connectivity index is 0.00000576. The smallest absolute Gasteiger partial charge is 0.191 e. The van der Waals surface area contributed by atoms with Gasteiger partial charge in [-0.15, -0.1) is 24.0 Å². The van der Waals surface area contributed by atoms with Crippen molar-refractivity contribution in [2.45, 2.75) is 79.8 Å². The second-order valence-corrected chi connectivity index (χ2v) is 7.77. The van der Waals surface area contributed by atoms with Gasteiger partial charge in [0.2, 0.25) is 0 Å². The molecule has 0 saturated carbocycles. The van der Waals surface area contributed by atoms with Crippen LogP contribution in [0.15, 0.2) is 4.99 Å². The van der Waals surface area contributed by atoms with Crippen LogP contribution < -0.4 is 10.6 Å². The summed E-state index contributed by atoms with van der Waals surface area (Å²) in [5.41, 5.74) is 4.16. The summed E-state index contributed by atoms with van der Waals surface area (Å²) in [4.78, 5) is 4.37. The molecule has 0 aliphatic rings. The van der Waals surface area contributed by atoms with E-state index in [-0.39, 0.29) is 24.0 Å². The predicted octanol–water partition coefficient (Wildman–Crippen LogP) is 4.04. The molecule has 1 unspecified atom stereocenters. The average molecular weight is 463 g/mol. The first-order valence-corrected chi connectivity index (χ1v) is 9.22. The molecule has 0 amide bonds. The van der Waals surface area contributed by atoms with Gasteiger partial charge in [-0.3, -0.25) is 9.67 Å². The largest absolute Gasteiger partial charge is 0.354 e. The Kier molecular flexibility index (Phi) is 10.7. The number of nitrogens with zero attached hydrogens (tertiary/aromatic N) is 3. The monoisotopic (exact) mass is 463 g/mol. The minimum Gasteiger partial charge on any atom is -0.354 e. The first-order chi connectivity index (χ1) is 11.2. The number of guanidine groups is 1. The van der Waals surface area contributed by atoms with Crippen LogP contribution in [0.1, 0.15) is 71.3 Å². The van der Waals surface area contributed by atoms with Crippen LogP contribution in [0.25, 0.3) is 0 Å². The molecule has 0 aliphatic carbocycles. The van der Waals surface area contributed by atoms with E-state index in [1.165, 1.54) is 23.4 Å². The Labute approximate surface area is 171 Å². The maximum atomic E-state index is 4.64. The molecular weight excluding hydrogens is 425 g/mol. The predicted molar refractivity (Wildman–Crippen MR) is 119 cm³/mol. The number of nitrogens with one attached hydrogen (secondary N) is 2. The minimum atomic E-state index is 0. The van der Waals surface area contributed by atoms with Gasteiger partial charge in [0.05, 0.1) is 5.69 Å². The second-order valence-electron chi connectivity index (χ2n) is 7.77. The van der Waals surface area contributed by atoms with Gasteiger partial charge in [-0.2, -0.15) is 5.10 Å². The summed E-state index contributed by atoms with van der Waals surface area (Å²) in [7, 11) is 3.86. The molecule has 2 N–H and O–H groups in total. The molecule has 1 aromatic rings. The van der Waals surface area contributed by atoms with E-state index in [4.69, 9.17) is 0 Å². The van der Waals surface area contributed by atoms with Gasteiger partial charge < -0.3 is 10.6 Å². The first kappa shape index (κ1) is 24.2. The van der Waals surface area contributed by atoms with Crippen LogP contribution in [0, 0.1) is 5.41 Å². The second kappa shape index (κ2) is 11.0.